The second kappa shape index (κ2) is 11.2. The summed E-state index contributed by atoms with van der Waals surface area (Å²) in [5, 5.41) is 17.0. The molecule has 26 heavy (non-hydrogen) atoms. The summed E-state index contributed by atoms with van der Waals surface area (Å²) in [6, 6.07) is 8.61. The molecule has 0 amide bonds. The first-order valence-corrected chi connectivity index (χ1v) is 10.0. The zero-order valence-electron chi connectivity index (χ0n) is 16.1. The Balaban J connectivity index is 1.68. The highest BCUT2D eigenvalue weighted by molar-refractivity contribution is 5.75. The van der Waals surface area contributed by atoms with E-state index in [2.05, 4.69) is 31.2 Å². The Kier molecular flexibility index (Phi) is 8.92. The van der Waals surface area contributed by atoms with Gasteiger partial charge in [-0.3, -0.25) is 5.41 Å². The third kappa shape index (κ3) is 6.61. The number of likely N-dealkylation sites (tertiary alicyclic amines) is 1. The number of aryl methyl sites for hydroxylation is 1. The summed E-state index contributed by atoms with van der Waals surface area (Å²) in [7, 11) is 0. The number of aliphatic hydroxyl groups is 1. The van der Waals surface area contributed by atoms with E-state index in [-0.39, 0.29) is 24.7 Å². The normalized spacial score (nSPS) is 19.8. The lowest BCUT2D eigenvalue weighted by molar-refractivity contribution is 0.0491. The van der Waals surface area contributed by atoms with Gasteiger partial charge in [-0.2, -0.15) is 0 Å². The number of benzene rings is 1. The van der Waals surface area contributed by atoms with Gasteiger partial charge in [-0.05, 0) is 30.4 Å². The second-order valence-electron chi connectivity index (χ2n) is 7.38. The molecular formula is C21H35N3O2. The van der Waals surface area contributed by atoms with Crippen molar-refractivity contribution >= 4 is 5.96 Å². The van der Waals surface area contributed by atoms with Crippen LogP contribution in [-0.2, 0) is 17.8 Å². The molecule has 1 aliphatic heterocycles. The van der Waals surface area contributed by atoms with Crippen molar-refractivity contribution in [2.75, 3.05) is 13.2 Å². The third-order valence-corrected chi connectivity index (χ3v) is 5.22. The topological polar surface area (TPSA) is 82.6 Å². The number of nitrogens with zero attached hydrogens (tertiary/aromatic N) is 1. The van der Waals surface area contributed by atoms with Crippen LogP contribution in [0, 0.1) is 5.41 Å². The predicted octanol–water partition coefficient (Wildman–Crippen LogP) is 3.43. The minimum Gasteiger partial charge on any atom is -0.394 e. The van der Waals surface area contributed by atoms with E-state index in [4.69, 9.17) is 15.9 Å². The molecule has 1 saturated heterocycles. The summed E-state index contributed by atoms with van der Waals surface area (Å²) in [4.78, 5) is 1.72. The minimum absolute atomic E-state index is 0.00653. The highest BCUT2D eigenvalue weighted by Gasteiger charge is 2.32. The summed E-state index contributed by atoms with van der Waals surface area (Å²) in [6.07, 6.45) is 9.86. The average molecular weight is 362 g/mol. The first-order chi connectivity index (χ1) is 12.6. The number of nitrogens with one attached hydrogen (secondary N) is 1. The molecule has 4 N–H and O–H groups in total. The van der Waals surface area contributed by atoms with Gasteiger partial charge in [0, 0.05) is 6.54 Å². The van der Waals surface area contributed by atoms with Crippen LogP contribution in [0.4, 0.5) is 0 Å². The number of aliphatic hydroxyl groups excluding tert-OH is 1. The van der Waals surface area contributed by atoms with Gasteiger partial charge in [-0.15, -0.1) is 0 Å². The first-order valence-electron chi connectivity index (χ1n) is 10.0. The lowest BCUT2D eigenvalue weighted by Gasteiger charge is -2.22. The number of guanidine groups is 1. The Hall–Kier alpha value is -1.59. The molecule has 1 fully saturated rings. The molecule has 1 aromatic rings. The maximum absolute atomic E-state index is 9.40. The van der Waals surface area contributed by atoms with Crippen molar-refractivity contribution in [3.8, 4) is 0 Å². The monoisotopic (exact) mass is 361 g/mol. The van der Waals surface area contributed by atoms with E-state index in [9.17, 15) is 5.11 Å². The molecule has 1 aliphatic rings. The molecule has 1 aromatic carbocycles. The van der Waals surface area contributed by atoms with E-state index >= 15 is 0 Å². The van der Waals surface area contributed by atoms with Gasteiger partial charge < -0.3 is 20.5 Å². The van der Waals surface area contributed by atoms with Crippen molar-refractivity contribution in [1.29, 1.82) is 5.41 Å². The lowest BCUT2D eigenvalue weighted by atomic mass is 10.0. The lowest BCUT2D eigenvalue weighted by Crippen LogP contribution is -2.42. The van der Waals surface area contributed by atoms with Crippen molar-refractivity contribution in [2.24, 2.45) is 5.73 Å². The van der Waals surface area contributed by atoms with Gasteiger partial charge in [0.25, 0.3) is 0 Å². The van der Waals surface area contributed by atoms with Gasteiger partial charge in [-0.25, -0.2) is 0 Å². The van der Waals surface area contributed by atoms with Crippen molar-refractivity contribution in [3.63, 3.8) is 0 Å². The third-order valence-electron chi connectivity index (χ3n) is 5.22. The number of ether oxygens (including phenoxy) is 1. The standard InChI is InChI=1S/C21H35N3O2/c1-2-3-4-5-6-7-8-17-9-11-18(12-10-17)16-26-20-13-19(15-25)24(14-20)21(22)23/h9-12,19-20,25H,2-8,13-16H2,1H3,(H3,22,23)/t19-,20+/m1/s1. The number of rotatable bonds is 11. The number of hydrogen-bond acceptors (Lipinski definition) is 3. The maximum Gasteiger partial charge on any atom is 0.188 e. The van der Waals surface area contributed by atoms with Gasteiger partial charge in [0.2, 0.25) is 0 Å². The van der Waals surface area contributed by atoms with Crippen LogP contribution in [0.15, 0.2) is 24.3 Å². The van der Waals surface area contributed by atoms with Crippen LogP contribution in [0.1, 0.15) is 63.0 Å². The van der Waals surface area contributed by atoms with Crippen LogP contribution in [0.25, 0.3) is 0 Å². The number of unbranched alkanes of at least 4 members (excludes halogenated alkanes) is 5. The van der Waals surface area contributed by atoms with Crippen LogP contribution in [0.2, 0.25) is 0 Å². The first kappa shape index (κ1) is 20.7. The summed E-state index contributed by atoms with van der Waals surface area (Å²) in [5.74, 6) is 0.00852. The SMILES string of the molecule is CCCCCCCCc1ccc(CO[C@H]2C[C@H](CO)N(C(=N)N)C2)cc1. The van der Waals surface area contributed by atoms with E-state index < -0.39 is 0 Å². The van der Waals surface area contributed by atoms with Crippen molar-refractivity contribution in [1.82, 2.24) is 4.90 Å². The van der Waals surface area contributed by atoms with Gasteiger partial charge in [0.15, 0.2) is 5.96 Å². The summed E-state index contributed by atoms with van der Waals surface area (Å²) >= 11 is 0. The molecule has 146 valence electrons. The zero-order valence-corrected chi connectivity index (χ0v) is 16.1. The molecule has 2 rings (SSSR count). The molecule has 0 saturated carbocycles. The molecule has 5 heteroatoms. The maximum atomic E-state index is 9.40. The fourth-order valence-corrected chi connectivity index (χ4v) is 3.59. The average Bonchev–Trinajstić information content (AvgIpc) is 3.07. The molecule has 0 bridgehead atoms. The quantitative estimate of drug-likeness (QED) is 0.320. The van der Waals surface area contributed by atoms with Crippen molar-refractivity contribution in [3.05, 3.63) is 35.4 Å². The van der Waals surface area contributed by atoms with Crippen LogP contribution in [-0.4, -0.2) is 41.3 Å². The zero-order chi connectivity index (χ0) is 18.8. The van der Waals surface area contributed by atoms with Gasteiger partial charge in [0.1, 0.15) is 0 Å². The molecule has 5 nitrogen and oxygen atoms in total. The summed E-state index contributed by atoms with van der Waals surface area (Å²) in [6.45, 7) is 3.40. The van der Waals surface area contributed by atoms with E-state index in [0.29, 0.717) is 19.6 Å². The Labute approximate surface area is 158 Å². The Morgan fingerprint density at radius 3 is 2.42 bits per heavy atom. The van der Waals surface area contributed by atoms with Gasteiger partial charge in [0.05, 0.1) is 25.4 Å². The molecule has 2 atom stereocenters. The van der Waals surface area contributed by atoms with Crippen LogP contribution < -0.4 is 5.73 Å². The van der Waals surface area contributed by atoms with Crippen LogP contribution in [0.3, 0.4) is 0 Å². The summed E-state index contributed by atoms with van der Waals surface area (Å²) < 4.78 is 5.97. The number of nitrogens with two attached hydrogens (primary N) is 1. The van der Waals surface area contributed by atoms with Crippen molar-refractivity contribution < 1.29 is 9.84 Å². The molecule has 0 unspecified atom stereocenters. The fourth-order valence-electron chi connectivity index (χ4n) is 3.59. The van der Waals surface area contributed by atoms with E-state index in [1.54, 1.807) is 4.90 Å². The Bertz CT molecular complexity index is 533. The second-order valence-corrected chi connectivity index (χ2v) is 7.38. The highest BCUT2D eigenvalue weighted by Crippen LogP contribution is 2.21. The van der Waals surface area contributed by atoms with E-state index in [0.717, 1.165) is 6.42 Å². The molecular weight excluding hydrogens is 326 g/mol. The number of hydrogen-bond donors (Lipinski definition) is 3. The Morgan fingerprint density at radius 2 is 1.81 bits per heavy atom. The smallest absolute Gasteiger partial charge is 0.188 e. The van der Waals surface area contributed by atoms with Crippen LogP contribution >= 0.6 is 0 Å². The van der Waals surface area contributed by atoms with Gasteiger partial charge in [-0.1, -0.05) is 63.3 Å². The van der Waals surface area contributed by atoms with Crippen molar-refractivity contribution in [2.45, 2.75) is 77.0 Å². The van der Waals surface area contributed by atoms with E-state index in [1.165, 1.54) is 49.7 Å². The molecule has 1 heterocycles. The largest absolute Gasteiger partial charge is 0.394 e. The summed E-state index contributed by atoms with van der Waals surface area (Å²) in [5.41, 5.74) is 8.13. The Morgan fingerprint density at radius 1 is 1.15 bits per heavy atom. The minimum atomic E-state index is -0.0998. The highest BCUT2D eigenvalue weighted by atomic mass is 16.5. The molecule has 0 spiro atoms. The van der Waals surface area contributed by atoms with Crippen LogP contribution in [0.5, 0.6) is 0 Å². The predicted molar refractivity (Wildman–Crippen MR) is 106 cm³/mol. The molecule has 0 aliphatic carbocycles. The van der Waals surface area contributed by atoms with Gasteiger partial charge >= 0.3 is 0 Å². The fraction of sp³-hybridized carbons (Fsp3) is 0.667. The molecule has 0 radical (unpaired) electrons. The molecule has 0 aromatic heterocycles. The van der Waals surface area contributed by atoms with E-state index in [1.807, 2.05) is 0 Å².